The lowest BCUT2D eigenvalue weighted by molar-refractivity contribution is 0.0952. The molecule has 0 atom stereocenters. The second kappa shape index (κ2) is 9.39. The van der Waals surface area contributed by atoms with E-state index in [4.69, 9.17) is 23.2 Å². The van der Waals surface area contributed by atoms with E-state index in [9.17, 15) is 4.79 Å². The second-order valence-corrected chi connectivity index (χ2v) is 8.31. The lowest BCUT2D eigenvalue weighted by Gasteiger charge is -2.12. The maximum Gasteiger partial charge on any atom is 0.252 e. The van der Waals surface area contributed by atoms with Gasteiger partial charge in [0.25, 0.3) is 5.91 Å². The molecule has 4 rings (SSSR count). The van der Waals surface area contributed by atoms with Crippen LogP contribution in [0, 0.1) is 0 Å². The molecule has 1 aromatic heterocycles. The first-order valence-corrected chi connectivity index (χ1v) is 10.8. The number of carbonyl (C=O) groups excluding carboxylic acids is 1. The third kappa shape index (κ3) is 4.87. The van der Waals surface area contributed by atoms with Crippen LogP contribution in [-0.2, 0) is 6.54 Å². The molecule has 0 spiro atoms. The Morgan fingerprint density at radius 3 is 2.37 bits per heavy atom. The van der Waals surface area contributed by atoms with Crippen LogP contribution >= 0.6 is 35.1 Å². The molecule has 0 fully saturated rings. The number of benzene rings is 3. The normalized spacial score (nSPS) is 10.7. The zero-order valence-corrected chi connectivity index (χ0v) is 18.1. The maximum atomic E-state index is 12.8. The molecule has 2 N–H and O–H groups in total. The molecule has 0 aliphatic heterocycles. The van der Waals surface area contributed by atoms with Crippen LogP contribution in [0.25, 0.3) is 10.8 Å². The van der Waals surface area contributed by atoms with E-state index < -0.39 is 0 Å². The molecule has 0 unspecified atom stereocenters. The Bertz CT molecular complexity index is 1180. The van der Waals surface area contributed by atoms with Crippen LogP contribution in [0.15, 0.2) is 84.0 Å². The molecule has 1 amide bonds. The number of carbonyl (C=O) groups is 1. The number of anilines is 1. The summed E-state index contributed by atoms with van der Waals surface area (Å²) in [6, 6.07) is 20.7. The standard InChI is InChI=1S/C23H17Cl2N3OS/c24-16-11-17(25)13-18(12-16)30-28-22-6-2-3-19-20(22)4-1-5-21(19)23(29)27-14-15-7-9-26-10-8-15/h1-13,28H,14H2,(H,27,29). The molecule has 0 aliphatic rings. The summed E-state index contributed by atoms with van der Waals surface area (Å²) >= 11 is 13.6. The van der Waals surface area contributed by atoms with Crippen molar-refractivity contribution in [2.75, 3.05) is 4.72 Å². The summed E-state index contributed by atoms with van der Waals surface area (Å²) in [7, 11) is 0. The number of hydrogen-bond acceptors (Lipinski definition) is 4. The summed E-state index contributed by atoms with van der Waals surface area (Å²) in [6.45, 7) is 0.445. The summed E-state index contributed by atoms with van der Waals surface area (Å²) in [4.78, 5) is 17.7. The van der Waals surface area contributed by atoms with Gasteiger partial charge in [0.2, 0.25) is 0 Å². The van der Waals surface area contributed by atoms with Crippen molar-refractivity contribution >= 4 is 57.5 Å². The lowest BCUT2D eigenvalue weighted by Crippen LogP contribution is -2.23. The Morgan fingerprint density at radius 1 is 0.900 bits per heavy atom. The molecule has 30 heavy (non-hydrogen) atoms. The number of nitrogens with one attached hydrogen (secondary N) is 2. The summed E-state index contributed by atoms with van der Waals surface area (Å²) in [6.07, 6.45) is 3.42. The fourth-order valence-corrected chi connectivity index (χ4v) is 4.51. The van der Waals surface area contributed by atoms with Gasteiger partial charge in [-0.3, -0.25) is 9.78 Å². The highest BCUT2D eigenvalue weighted by Gasteiger charge is 2.12. The maximum absolute atomic E-state index is 12.8. The number of fused-ring (bicyclic) bond motifs is 1. The molecule has 0 saturated carbocycles. The Labute approximate surface area is 188 Å². The van der Waals surface area contributed by atoms with Gasteiger partial charge in [0.1, 0.15) is 0 Å². The van der Waals surface area contributed by atoms with E-state index in [1.165, 1.54) is 11.9 Å². The average Bonchev–Trinajstić information content (AvgIpc) is 2.75. The van der Waals surface area contributed by atoms with Crippen LogP contribution in [0.4, 0.5) is 5.69 Å². The van der Waals surface area contributed by atoms with E-state index in [2.05, 4.69) is 15.0 Å². The lowest BCUT2D eigenvalue weighted by atomic mass is 10.0. The molecular weight excluding hydrogens is 437 g/mol. The van der Waals surface area contributed by atoms with Gasteiger partial charge in [0, 0.05) is 44.8 Å². The number of aromatic nitrogens is 1. The molecule has 0 saturated heterocycles. The van der Waals surface area contributed by atoms with Crippen molar-refractivity contribution in [2.24, 2.45) is 0 Å². The van der Waals surface area contributed by atoms with Crippen molar-refractivity contribution in [3.8, 4) is 0 Å². The predicted octanol–water partition coefficient (Wildman–Crippen LogP) is 6.59. The molecule has 7 heteroatoms. The van der Waals surface area contributed by atoms with E-state index in [0.717, 1.165) is 26.9 Å². The fourth-order valence-electron chi connectivity index (χ4n) is 3.08. The second-order valence-electron chi connectivity index (χ2n) is 6.55. The number of rotatable bonds is 6. The minimum absolute atomic E-state index is 0.121. The van der Waals surface area contributed by atoms with E-state index in [0.29, 0.717) is 22.2 Å². The molecule has 150 valence electrons. The van der Waals surface area contributed by atoms with Gasteiger partial charge < -0.3 is 10.0 Å². The zero-order valence-electron chi connectivity index (χ0n) is 15.7. The number of nitrogens with zero attached hydrogens (tertiary/aromatic N) is 1. The molecule has 4 aromatic rings. The molecule has 4 nitrogen and oxygen atoms in total. The molecular formula is C23H17Cl2N3OS. The van der Waals surface area contributed by atoms with Gasteiger partial charge in [-0.25, -0.2) is 0 Å². The number of halogens is 2. The first kappa shape index (κ1) is 20.5. The van der Waals surface area contributed by atoms with Gasteiger partial charge in [0.15, 0.2) is 0 Å². The third-order valence-corrected chi connectivity index (χ3v) is 5.71. The molecule has 3 aromatic carbocycles. The van der Waals surface area contributed by atoms with Crippen molar-refractivity contribution in [3.05, 3.63) is 100 Å². The van der Waals surface area contributed by atoms with Gasteiger partial charge in [0.05, 0.1) is 5.69 Å². The molecule has 0 aliphatic carbocycles. The quantitative estimate of drug-likeness (QED) is 0.323. The van der Waals surface area contributed by atoms with E-state index in [-0.39, 0.29) is 5.91 Å². The summed E-state index contributed by atoms with van der Waals surface area (Å²) < 4.78 is 3.34. The van der Waals surface area contributed by atoms with Gasteiger partial charge in [-0.05, 0) is 65.4 Å². The first-order valence-electron chi connectivity index (χ1n) is 9.18. The molecule has 0 bridgehead atoms. The number of amides is 1. The highest BCUT2D eigenvalue weighted by atomic mass is 35.5. The van der Waals surface area contributed by atoms with Crippen LogP contribution in [0.1, 0.15) is 15.9 Å². The number of hydrogen-bond donors (Lipinski definition) is 2. The Hall–Kier alpha value is -2.73. The minimum Gasteiger partial charge on any atom is -0.348 e. The van der Waals surface area contributed by atoms with Gasteiger partial charge >= 0.3 is 0 Å². The molecule has 0 radical (unpaired) electrons. The van der Waals surface area contributed by atoms with Crippen LogP contribution < -0.4 is 10.0 Å². The highest BCUT2D eigenvalue weighted by molar-refractivity contribution is 8.00. The van der Waals surface area contributed by atoms with Crippen molar-refractivity contribution in [3.63, 3.8) is 0 Å². The Kier molecular flexibility index (Phi) is 6.43. The van der Waals surface area contributed by atoms with E-state index in [1.54, 1.807) is 18.5 Å². The van der Waals surface area contributed by atoms with Crippen molar-refractivity contribution in [1.29, 1.82) is 0 Å². The topological polar surface area (TPSA) is 54.0 Å². The minimum atomic E-state index is -0.121. The predicted molar refractivity (Wildman–Crippen MR) is 125 cm³/mol. The van der Waals surface area contributed by atoms with Crippen molar-refractivity contribution in [2.45, 2.75) is 11.4 Å². The van der Waals surface area contributed by atoms with Gasteiger partial charge in [-0.1, -0.05) is 47.5 Å². The van der Waals surface area contributed by atoms with E-state index >= 15 is 0 Å². The Morgan fingerprint density at radius 2 is 1.60 bits per heavy atom. The Balaban J connectivity index is 1.55. The first-order chi connectivity index (χ1) is 14.6. The fraction of sp³-hybridized carbons (Fsp3) is 0.0435. The van der Waals surface area contributed by atoms with Crippen LogP contribution in [0.3, 0.4) is 0 Å². The van der Waals surface area contributed by atoms with Crippen molar-refractivity contribution in [1.82, 2.24) is 10.3 Å². The average molecular weight is 454 g/mol. The van der Waals surface area contributed by atoms with Crippen LogP contribution in [-0.4, -0.2) is 10.9 Å². The van der Waals surface area contributed by atoms with Gasteiger partial charge in [-0.15, -0.1) is 0 Å². The number of pyridine rings is 1. The van der Waals surface area contributed by atoms with Crippen LogP contribution in [0.2, 0.25) is 10.0 Å². The largest absolute Gasteiger partial charge is 0.348 e. The molecule has 1 heterocycles. The zero-order chi connectivity index (χ0) is 20.9. The SMILES string of the molecule is O=C(NCc1ccncc1)c1cccc2c(NSc3cc(Cl)cc(Cl)c3)cccc12. The summed E-state index contributed by atoms with van der Waals surface area (Å²) in [5.41, 5.74) is 2.52. The van der Waals surface area contributed by atoms with E-state index in [1.807, 2.05) is 60.7 Å². The van der Waals surface area contributed by atoms with Crippen LogP contribution in [0.5, 0.6) is 0 Å². The monoisotopic (exact) mass is 453 g/mol. The third-order valence-electron chi connectivity index (χ3n) is 4.48. The van der Waals surface area contributed by atoms with Gasteiger partial charge in [-0.2, -0.15) is 0 Å². The summed E-state index contributed by atoms with van der Waals surface area (Å²) in [5.74, 6) is -0.121. The highest BCUT2D eigenvalue weighted by Crippen LogP contribution is 2.32. The summed E-state index contributed by atoms with van der Waals surface area (Å²) in [5, 5.41) is 5.97. The smallest absolute Gasteiger partial charge is 0.252 e. The van der Waals surface area contributed by atoms with Crippen molar-refractivity contribution < 1.29 is 4.79 Å².